The van der Waals surface area contributed by atoms with Crippen molar-refractivity contribution in [3.8, 4) is 0 Å². The Morgan fingerprint density at radius 3 is 2.35 bits per heavy atom. The fraction of sp³-hybridized carbons (Fsp3) is 0.688. The number of amides is 1. The summed E-state index contributed by atoms with van der Waals surface area (Å²) in [5.41, 5.74) is 6.20. The molecule has 0 atom stereocenters. The summed E-state index contributed by atoms with van der Waals surface area (Å²) >= 11 is 0. The van der Waals surface area contributed by atoms with Gasteiger partial charge in [0, 0.05) is 31.9 Å². The maximum Gasteiger partial charge on any atom is 0.410 e. The first kappa shape index (κ1) is 19.6. The minimum absolute atomic E-state index is 0. The molecule has 7 heteroatoms. The van der Waals surface area contributed by atoms with E-state index in [4.69, 9.17) is 10.5 Å². The van der Waals surface area contributed by atoms with Crippen LogP contribution in [0.4, 0.5) is 4.79 Å². The average Bonchev–Trinajstić information content (AvgIpc) is 2.47. The summed E-state index contributed by atoms with van der Waals surface area (Å²) in [4.78, 5) is 22.5. The van der Waals surface area contributed by atoms with Crippen molar-refractivity contribution in [1.29, 1.82) is 0 Å². The van der Waals surface area contributed by atoms with Crippen molar-refractivity contribution in [2.45, 2.75) is 51.6 Å². The van der Waals surface area contributed by atoms with E-state index in [9.17, 15) is 4.79 Å². The Morgan fingerprint density at radius 1 is 1.30 bits per heavy atom. The van der Waals surface area contributed by atoms with Crippen LogP contribution in [-0.4, -0.2) is 46.2 Å². The number of halogens is 1. The van der Waals surface area contributed by atoms with E-state index in [1.165, 1.54) is 0 Å². The van der Waals surface area contributed by atoms with Crippen LogP contribution in [0.1, 0.15) is 50.9 Å². The number of likely N-dealkylation sites (tertiary alicyclic amines) is 1. The Labute approximate surface area is 144 Å². The SMILES string of the molecule is CC(C)(C)OC(=O)N1CCC(c2cnc(CCN)nc2)CC1.Cl. The Morgan fingerprint density at radius 2 is 1.87 bits per heavy atom. The summed E-state index contributed by atoms with van der Waals surface area (Å²) in [6, 6.07) is 0. The van der Waals surface area contributed by atoms with Crippen molar-refractivity contribution in [3.63, 3.8) is 0 Å². The molecule has 1 fully saturated rings. The molecule has 1 aliphatic heterocycles. The van der Waals surface area contributed by atoms with Crippen LogP contribution >= 0.6 is 12.4 Å². The van der Waals surface area contributed by atoms with Crippen LogP contribution in [0.3, 0.4) is 0 Å². The first-order valence-corrected chi connectivity index (χ1v) is 7.88. The molecule has 0 bridgehead atoms. The summed E-state index contributed by atoms with van der Waals surface area (Å²) < 4.78 is 5.41. The fourth-order valence-electron chi connectivity index (χ4n) is 2.56. The second-order valence-electron chi connectivity index (χ2n) is 6.71. The van der Waals surface area contributed by atoms with Crippen LogP contribution in [-0.2, 0) is 11.2 Å². The fourth-order valence-corrected chi connectivity index (χ4v) is 2.56. The van der Waals surface area contributed by atoms with Gasteiger partial charge in [0.05, 0.1) is 0 Å². The summed E-state index contributed by atoms with van der Waals surface area (Å²) in [6.45, 7) is 7.65. The second-order valence-corrected chi connectivity index (χ2v) is 6.71. The normalized spacial score (nSPS) is 15.9. The van der Waals surface area contributed by atoms with E-state index in [0.717, 1.165) is 24.2 Å². The molecule has 0 aromatic carbocycles. The molecule has 1 aromatic heterocycles. The van der Waals surface area contributed by atoms with Crippen LogP contribution < -0.4 is 5.73 Å². The van der Waals surface area contributed by atoms with E-state index >= 15 is 0 Å². The topological polar surface area (TPSA) is 81.3 Å². The Bertz CT molecular complexity index is 494. The van der Waals surface area contributed by atoms with E-state index in [-0.39, 0.29) is 18.5 Å². The van der Waals surface area contributed by atoms with Gasteiger partial charge in [-0.25, -0.2) is 14.8 Å². The van der Waals surface area contributed by atoms with E-state index in [2.05, 4.69) is 9.97 Å². The molecule has 1 aromatic rings. The molecule has 0 saturated carbocycles. The van der Waals surface area contributed by atoms with Crippen LogP contribution in [0.2, 0.25) is 0 Å². The van der Waals surface area contributed by atoms with Gasteiger partial charge in [-0.2, -0.15) is 0 Å². The zero-order valence-electron chi connectivity index (χ0n) is 14.1. The van der Waals surface area contributed by atoms with Gasteiger partial charge in [-0.3, -0.25) is 0 Å². The number of ether oxygens (including phenoxy) is 1. The van der Waals surface area contributed by atoms with Crippen LogP contribution in [0.25, 0.3) is 0 Å². The summed E-state index contributed by atoms with van der Waals surface area (Å²) in [5, 5.41) is 0. The summed E-state index contributed by atoms with van der Waals surface area (Å²) in [5.74, 6) is 1.20. The molecular formula is C16H27ClN4O2. The first-order chi connectivity index (χ1) is 10.4. The molecule has 0 spiro atoms. The lowest BCUT2D eigenvalue weighted by molar-refractivity contribution is 0.0205. The molecule has 2 rings (SSSR count). The highest BCUT2D eigenvalue weighted by atomic mass is 35.5. The number of carbonyl (C=O) groups is 1. The van der Waals surface area contributed by atoms with E-state index in [1.54, 1.807) is 4.90 Å². The molecule has 0 aliphatic carbocycles. The molecule has 2 N–H and O–H groups in total. The number of aromatic nitrogens is 2. The third kappa shape index (κ3) is 5.95. The summed E-state index contributed by atoms with van der Waals surface area (Å²) in [7, 11) is 0. The second kappa shape index (κ2) is 8.45. The highest BCUT2D eigenvalue weighted by molar-refractivity contribution is 5.85. The van der Waals surface area contributed by atoms with Gasteiger partial charge in [0.25, 0.3) is 0 Å². The summed E-state index contributed by atoms with van der Waals surface area (Å²) in [6.07, 6.45) is 6.10. The van der Waals surface area contributed by atoms with Crippen LogP contribution in [0.5, 0.6) is 0 Å². The number of nitrogens with zero attached hydrogens (tertiary/aromatic N) is 3. The number of piperidine rings is 1. The molecule has 23 heavy (non-hydrogen) atoms. The Hall–Kier alpha value is -1.40. The lowest BCUT2D eigenvalue weighted by atomic mass is 9.91. The first-order valence-electron chi connectivity index (χ1n) is 7.88. The van der Waals surface area contributed by atoms with Gasteiger partial charge in [-0.05, 0) is 51.6 Å². The van der Waals surface area contributed by atoms with Crippen LogP contribution in [0.15, 0.2) is 12.4 Å². The highest BCUT2D eigenvalue weighted by Crippen LogP contribution is 2.27. The molecule has 1 saturated heterocycles. The smallest absolute Gasteiger partial charge is 0.410 e. The van der Waals surface area contributed by atoms with E-state index in [1.807, 2.05) is 33.2 Å². The third-order valence-electron chi connectivity index (χ3n) is 3.71. The molecule has 1 amide bonds. The lowest BCUT2D eigenvalue weighted by Crippen LogP contribution is -2.41. The zero-order valence-corrected chi connectivity index (χ0v) is 14.9. The minimum Gasteiger partial charge on any atom is -0.444 e. The van der Waals surface area contributed by atoms with Gasteiger partial charge in [0.15, 0.2) is 0 Å². The minimum atomic E-state index is -0.444. The molecule has 1 aliphatic rings. The molecular weight excluding hydrogens is 316 g/mol. The van der Waals surface area contributed by atoms with Crippen molar-refractivity contribution < 1.29 is 9.53 Å². The molecule has 0 radical (unpaired) electrons. The van der Waals surface area contributed by atoms with Gasteiger partial charge in [-0.15, -0.1) is 12.4 Å². The maximum atomic E-state index is 12.0. The van der Waals surface area contributed by atoms with Gasteiger partial charge < -0.3 is 15.4 Å². The number of hydrogen-bond acceptors (Lipinski definition) is 5. The Kier molecular flexibility index (Phi) is 7.22. The standard InChI is InChI=1S/C16H26N4O2.ClH/c1-16(2,3)22-15(21)20-8-5-12(6-9-20)13-10-18-14(4-7-17)19-11-13;/h10-12H,4-9,17H2,1-3H3;1H. The number of hydrogen-bond donors (Lipinski definition) is 1. The van der Waals surface area contributed by atoms with Gasteiger partial charge >= 0.3 is 6.09 Å². The quantitative estimate of drug-likeness (QED) is 0.912. The van der Waals surface area contributed by atoms with Crippen molar-refractivity contribution in [2.24, 2.45) is 5.73 Å². The molecule has 6 nitrogen and oxygen atoms in total. The van der Waals surface area contributed by atoms with E-state index in [0.29, 0.717) is 32.0 Å². The number of nitrogens with two attached hydrogens (primary N) is 1. The van der Waals surface area contributed by atoms with Crippen LogP contribution in [0, 0.1) is 0 Å². The van der Waals surface area contributed by atoms with E-state index < -0.39 is 5.60 Å². The molecule has 2 heterocycles. The predicted molar refractivity (Wildman–Crippen MR) is 91.8 cm³/mol. The highest BCUT2D eigenvalue weighted by Gasteiger charge is 2.27. The van der Waals surface area contributed by atoms with Crippen molar-refractivity contribution in [3.05, 3.63) is 23.8 Å². The largest absolute Gasteiger partial charge is 0.444 e. The monoisotopic (exact) mass is 342 g/mol. The van der Waals surface area contributed by atoms with Crippen molar-refractivity contribution in [1.82, 2.24) is 14.9 Å². The lowest BCUT2D eigenvalue weighted by Gasteiger charge is -2.33. The van der Waals surface area contributed by atoms with Crippen molar-refractivity contribution >= 4 is 18.5 Å². The van der Waals surface area contributed by atoms with Crippen molar-refractivity contribution in [2.75, 3.05) is 19.6 Å². The predicted octanol–water partition coefficient (Wildman–Crippen LogP) is 2.51. The van der Waals surface area contributed by atoms with Gasteiger partial charge in [0.2, 0.25) is 0 Å². The van der Waals surface area contributed by atoms with Gasteiger partial charge in [-0.1, -0.05) is 0 Å². The zero-order chi connectivity index (χ0) is 16.2. The molecule has 0 unspecified atom stereocenters. The third-order valence-corrected chi connectivity index (χ3v) is 3.71. The Balaban J connectivity index is 0.00000264. The number of carbonyl (C=O) groups excluding carboxylic acids is 1. The number of rotatable bonds is 3. The maximum absolute atomic E-state index is 12.0. The van der Waals surface area contributed by atoms with Gasteiger partial charge in [0.1, 0.15) is 11.4 Å². The molecule has 130 valence electrons. The average molecular weight is 343 g/mol.